The Hall–Kier alpha value is -4.08. The zero-order valence-electron chi connectivity index (χ0n) is 26.1. The summed E-state index contributed by atoms with van der Waals surface area (Å²) >= 11 is 0. The van der Waals surface area contributed by atoms with Crippen LogP contribution in [0.25, 0.3) is 0 Å². The van der Waals surface area contributed by atoms with Crippen LogP contribution in [0.1, 0.15) is 77.3 Å². The van der Waals surface area contributed by atoms with Gasteiger partial charge in [-0.25, -0.2) is 0 Å². The Morgan fingerprint density at radius 3 is 1.39 bits per heavy atom. The molecule has 0 saturated heterocycles. The normalized spacial score (nSPS) is 21.7. The Morgan fingerprint density at radius 1 is 0.636 bits per heavy atom. The van der Waals surface area contributed by atoms with Crippen molar-refractivity contribution in [1.82, 2.24) is 0 Å². The molecule has 4 atom stereocenters. The molecule has 2 aromatic carbocycles. The van der Waals surface area contributed by atoms with Gasteiger partial charge in [0, 0.05) is 24.0 Å². The van der Waals surface area contributed by atoms with Crippen LogP contribution in [0.5, 0.6) is 23.0 Å². The number of rotatable bonds is 12. The maximum absolute atomic E-state index is 13.0. The average molecular weight is 609 g/mol. The Kier molecular flexibility index (Phi) is 8.64. The van der Waals surface area contributed by atoms with E-state index in [0.29, 0.717) is 35.8 Å². The fraction of sp³-hybridized carbons (Fsp3) is 0.529. The number of ether oxygens (including phenoxy) is 6. The highest BCUT2D eigenvalue weighted by Gasteiger charge is 2.64. The Morgan fingerprint density at radius 2 is 1.02 bits per heavy atom. The van der Waals surface area contributed by atoms with Crippen molar-refractivity contribution < 1.29 is 47.6 Å². The highest BCUT2D eigenvalue weighted by atomic mass is 16.6. The zero-order valence-corrected chi connectivity index (χ0v) is 26.1. The molecule has 0 radical (unpaired) electrons. The molecule has 10 heteroatoms. The van der Waals surface area contributed by atoms with Crippen LogP contribution in [0.15, 0.2) is 36.4 Å². The third-order valence-corrected chi connectivity index (χ3v) is 9.24. The number of carbonyl (C=O) groups is 4. The van der Waals surface area contributed by atoms with E-state index in [9.17, 15) is 19.2 Å². The van der Waals surface area contributed by atoms with E-state index in [4.69, 9.17) is 28.4 Å². The quantitative estimate of drug-likeness (QED) is 0.177. The summed E-state index contributed by atoms with van der Waals surface area (Å²) in [5.41, 5.74) is 0.519. The highest BCUT2D eigenvalue weighted by molar-refractivity contribution is 5.92. The van der Waals surface area contributed by atoms with Gasteiger partial charge in [-0.1, -0.05) is 26.0 Å². The summed E-state index contributed by atoms with van der Waals surface area (Å²) in [7, 11) is 0. The molecule has 4 unspecified atom stereocenters. The summed E-state index contributed by atoms with van der Waals surface area (Å²) in [4.78, 5) is 50.5. The maximum atomic E-state index is 13.0. The summed E-state index contributed by atoms with van der Waals surface area (Å²) < 4.78 is 33.5. The standard InChI is InChI=1S/C34H40O10/c1-7-33(3,4)31(37)41-15-13-39-19-9-11-21-23(17-19)43-29(35)27-25(21)26-22-12-10-20(18-24(22)44-30(36)28(26)27)40-14-16-42-32(38)34(5,6)8-2/h9-12,17-18,25-28H,7-8,13-16H2,1-6H3. The van der Waals surface area contributed by atoms with Gasteiger partial charge in [-0.2, -0.15) is 0 Å². The van der Waals surface area contributed by atoms with E-state index < -0.39 is 34.6 Å². The lowest BCUT2D eigenvalue weighted by Gasteiger charge is -2.53. The lowest BCUT2D eigenvalue weighted by atomic mass is 9.51. The molecule has 10 nitrogen and oxygen atoms in total. The topological polar surface area (TPSA) is 124 Å². The number of benzene rings is 2. The van der Waals surface area contributed by atoms with Gasteiger partial charge >= 0.3 is 23.9 Å². The van der Waals surface area contributed by atoms with Crippen molar-refractivity contribution in [2.45, 2.75) is 66.2 Å². The smallest absolute Gasteiger partial charge is 0.315 e. The van der Waals surface area contributed by atoms with E-state index >= 15 is 0 Å². The van der Waals surface area contributed by atoms with Gasteiger partial charge in [-0.3, -0.25) is 19.2 Å². The first-order valence-electron chi connectivity index (χ1n) is 15.2. The Bertz CT molecular complexity index is 1350. The second-order valence-electron chi connectivity index (χ2n) is 12.8. The molecule has 0 amide bonds. The van der Waals surface area contributed by atoms with Gasteiger partial charge in [0.2, 0.25) is 0 Å². The van der Waals surface area contributed by atoms with Crippen LogP contribution < -0.4 is 18.9 Å². The first kappa shape index (κ1) is 31.3. The van der Waals surface area contributed by atoms with Crippen LogP contribution in [0.4, 0.5) is 0 Å². The maximum Gasteiger partial charge on any atom is 0.315 e. The Labute approximate surface area is 257 Å². The van der Waals surface area contributed by atoms with Gasteiger partial charge in [0.15, 0.2) is 0 Å². The summed E-state index contributed by atoms with van der Waals surface area (Å²) in [6.07, 6.45) is 1.33. The molecule has 3 aliphatic rings. The minimum atomic E-state index is -0.640. The van der Waals surface area contributed by atoms with Gasteiger partial charge in [-0.15, -0.1) is 0 Å². The third kappa shape index (κ3) is 5.86. The largest absolute Gasteiger partial charge is 0.490 e. The van der Waals surface area contributed by atoms with Crippen molar-refractivity contribution in [3.63, 3.8) is 0 Å². The van der Waals surface area contributed by atoms with Crippen LogP contribution in [-0.4, -0.2) is 50.3 Å². The first-order chi connectivity index (χ1) is 20.9. The zero-order chi connectivity index (χ0) is 31.8. The van der Waals surface area contributed by atoms with Crippen LogP contribution in [-0.2, 0) is 28.7 Å². The molecular weight excluding hydrogens is 568 g/mol. The molecule has 5 rings (SSSR count). The molecule has 1 saturated carbocycles. The Balaban J connectivity index is 1.24. The average Bonchev–Trinajstić information content (AvgIpc) is 2.98. The van der Waals surface area contributed by atoms with Gasteiger partial charge in [0.25, 0.3) is 0 Å². The molecule has 0 spiro atoms. The number of esters is 4. The predicted molar refractivity (Wildman–Crippen MR) is 158 cm³/mol. The molecule has 2 aromatic rings. The van der Waals surface area contributed by atoms with Gasteiger partial charge in [0.1, 0.15) is 49.4 Å². The van der Waals surface area contributed by atoms with Crippen molar-refractivity contribution >= 4 is 23.9 Å². The molecule has 236 valence electrons. The molecule has 1 aliphatic carbocycles. The third-order valence-electron chi connectivity index (χ3n) is 9.24. The lowest BCUT2D eigenvalue weighted by molar-refractivity contribution is -0.165. The van der Waals surface area contributed by atoms with E-state index in [1.807, 2.05) is 53.7 Å². The molecule has 2 aliphatic heterocycles. The lowest BCUT2D eigenvalue weighted by Crippen LogP contribution is -2.57. The second kappa shape index (κ2) is 12.1. The van der Waals surface area contributed by atoms with Crippen molar-refractivity contribution in [2.75, 3.05) is 26.4 Å². The number of fused-ring (bicyclic) bond motifs is 8. The number of carbonyl (C=O) groups excluding carboxylic acids is 4. The first-order valence-corrected chi connectivity index (χ1v) is 15.2. The number of hydrogen-bond donors (Lipinski definition) is 0. The predicted octanol–water partition coefficient (Wildman–Crippen LogP) is 5.35. The molecule has 0 aromatic heterocycles. The fourth-order valence-electron chi connectivity index (χ4n) is 5.66. The minimum Gasteiger partial charge on any atom is -0.490 e. The summed E-state index contributed by atoms with van der Waals surface area (Å²) in [6.45, 7) is 11.7. The number of hydrogen-bond acceptors (Lipinski definition) is 10. The van der Waals surface area contributed by atoms with Crippen LogP contribution in [0.3, 0.4) is 0 Å². The van der Waals surface area contributed by atoms with E-state index in [1.165, 1.54) is 0 Å². The van der Waals surface area contributed by atoms with E-state index in [0.717, 1.165) is 11.1 Å². The van der Waals surface area contributed by atoms with Crippen molar-refractivity contribution in [3.8, 4) is 23.0 Å². The van der Waals surface area contributed by atoms with E-state index in [2.05, 4.69) is 0 Å². The van der Waals surface area contributed by atoms with Gasteiger partial charge in [-0.05, 0) is 63.8 Å². The van der Waals surface area contributed by atoms with Crippen molar-refractivity contribution in [2.24, 2.45) is 22.7 Å². The SMILES string of the molecule is CCC(C)(C)C(=O)OCCOc1ccc2c(c1)OC(=O)C1C3C(=O)Oc4cc(OCCOC(=O)C(C)(C)CC)ccc4C3C21. The molecule has 2 heterocycles. The molecular formula is C34H40O10. The molecule has 1 fully saturated rings. The van der Waals surface area contributed by atoms with Gasteiger partial charge in [0.05, 0.1) is 22.7 Å². The van der Waals surface area contributed by atoms with E-state index in [-0.39, 0.29) is 50.2 Å². The van der Waals surface area contributed by atoms with Crippen LogP contribution >= 0.6 is 0 Å². The summed E-state index contributed by atoms with van der Waals surface area (Å²) in [6, 6.07) is 10.6. The molecule has 0 bridgehead atoms. The van der Waals surface area contributed by atoms with Crippen LogP contribution in [0.2, 0.25) is 0 Å². The van der Waals surface area contributed by atoms with Crippen molar-refractivity contribution in [1.29, 1.82) is 0 Å². The van der Waals surface area contributed by atoms with Crippen molar-refractivity contribution in [3.05, 3.63) is 47.5 Å². The van der Waals surface area contributed by atoms with Crippen LogP contribution in [0, 0.1) is 22.7 Å². The van der Waals surface area contributed by atoms with Gasteiger partial charge < -0.3 is 28.4 Å². The van der Waals surface area contributed by atoms with E-state index in [1.54, 1.807) is 24.3 Å². The minimum absolute atomic E-state index is 0.0976. The summed E-state index contributed by atoms with van der Waals surface area (Å²) in [5, 5.41) is 0. The molecule has 0 N–H and O–H groups in total. The highest BCUT2D eigenvalue weighted by Crippen LogP contribution is 2.65. The fourth-order valence-corrected chi connectivity index (χ4v) is 5.66. The second-order valence-corrected chi connectivity index (χ2v) is 12.8. The summed E-state index contributed by atoms with van der Waals surface area (Å²) in [5.74, 6) is -1.59. The molecule has 44 heavy (non-hydrogen) atoms. The monoisotopic (exact) mass is 608 g/mol.